The molecule has 0 aliphatic carbocycles. The van der Waals surface area contributed by atoms with Crippen LogP contribution < -0.4 is 16.4 Å². The van der Waals surface area contributed by atoms with Crippen LogP contribution in [0.4, 0.5) is 4.79 Å². The molecule has 148 valence electrons. The van der Waals surface area contributed by atoms with Gasteiger partial charge >= 0.3 is 6.03 Å². The van der Waals surface area contributed by atoms with Crippen molar-refractivity contribution in [2.45, 2.75) is 39.5 Å². The number of hydrogen-bond donors (Lipinski definition) is 3. The number of nitrogens with zero attached hydrogens (tertiary/aromatic N) is 2. The second kappa shape index (κ2) is 7.93. The van der Waals surface area contributed by atoms with Gasteiger partial charge in [0.2, 0.25) is 0 Å². The Morgan fingerprint density at radius 1 is 1.39 bits per heavy atom. The summed E-state index contributed by atoms with van der Waals surface area (Å²) in [5.74, 6) is 1.08. The number of nitrogens with two attached hydrogens (primary N) is 1. The minimum Gasteiger partial charge on any atom is -0.351 e. The molecule has 28 heavy (non-hydrogen) atoms. The monoisotopic (exact) mass is 397 g/mol. The number of urea groups is 1. The molecule has 4 N–H and O–H groups in total. The molecule has 0 aromatic carbocycles. The molecular formula is C21H27N5OS. The van der Waals surface area contributed by atoms with E-state index in [2.05, 4.69) is 52.0 Å². The normalized spacial score (nSPS) is 22.7. The average molecular weight is 398 g/mol. The van der Waals surface area contributed by atoms with Crippen LogP contribution in [0.5, 0.6) is 0 Å². The number of rotatable bonds is 2. The van der Waals surface area contributed by atoms with Crippen LogP contribution in [0.3, 0.4) is 0 Å². The second-order valence-electron chi connectivity index (χ2n) is 7.72. The quantitative estimate of drug-likeness (QED) is 0.712. The van der Waals surface area contributed by atoms with Crippen LogP contribution >= 0.6 is 11.3 Å². The van der Waals surface area contributed by atoms with E-state index >= 15 is 0 Å². The molecule has 0 spiro atoms. The maximum absolute atomic E-state index is 11.5. The summed E-state index contributed by atoms with van der Waals surface area (Å²) in [5, 5.41) is 8.40. The van der Waals surface area contributed by atoms with Gasteiger partial charge in [-0.25, -0.2) is 9.79 Å². The Hall–Kier alpha value is -2.38. The largest absolute Gasteiger partial charge is 0.351 e. The maximum Gasteiger partial charge on any atom is 0.317 e. The molecule has 0 radical (unpaired) electrons. The molecule has 4 rings (SSSR count). The van der Waals surface area contributed by atoms with Crippen molar-refractivity contribution in [2.24, 2.45) is 16.6 Å². The Morgan fingerprint density at radius 2 is 2.25 bits per heavy atom. The molecule has 1 unspecified atom stereocenters. The van der Waals surface area contributed by atoms with Gasteiger partial charge in [0, 0.05) is 12.7 Å². The Labute approximate surface area is 169 Å². The first-order valence-electron chi connectivity index (χ1n) is 9.83. The molecule has 6 nitrogen and oxygen atoms in total. The number of allylic oxidation sites excluding steroid dienone is 1. The molecule has 0 bridgehead atoms. The smallest absolute Gasteiger partial charge is 0.317 e. The van der Waals surface area contributed by atoms with E-state index in [1.165, 1.54) is 34.4 Å². The van der Waals surface area contributed by atoms with Crippen LogP contribution in [0, 0.1) is 12.8 Å². The van der Waals surface area contributed by atoms with Crippen molar-refractivity contribution in [1.29, 1.82) is 0 Å². The molecule has 1 fully saturated rings. The lowest BCUT2D eigenvalue weighted by Crippen LogP contribution is -2.41. The van der Waals surface area contributed by atoms with Crippen molar-refractivity contribution in [3.05, 3.63) is 51.1 Å². The van der Waals surface area contributed by atoms with Gasteiger partial charge in [-0.2, -0.15) is 0 Å². The van der Waals surface area contributed by atoms with Crippen molar-refractivity contribution in [3.8, 4) is 0 Å². The lowest BCUT2D eigenvalue weighted by Gasteiger charge is -2.31. The first-order valence-corrected chi connectivity index (χ1v) is 10.7. The molecule has 3 aliphatic rings. The van der Waals surface area contributed by atoms with Gasteiger partial charge < -0.3 is 16.0 Å². The molecule has 4 heterocycles. The number of amides is 2. The summed E-state index contributed by atoms with van der Waals surface area (Å²) in [6, 6.07) is 1.60. The fourth-order valence-electron chi connectivity index (χ4n) is 4.14. The first kappa shape index (κ1) is 19.0. The molecular weight excluding hydrogens is 370 g/mol. The zero-order chi connectivity index (χ0) is 19.7. The lowest BCUT2D eigenvalue weighted by molar-refractivity contribution is 0.253. The van der Waals surface area contributed by atoms with Crippen molar-refractivity contribution >= 4 is 28.9 Å². The van der Waals surface area contributed by atoms with Crippen molar-refractivity contribution in [1.82, 2.24) is 15.5 Å². The highest BCUT2D eigenvalue weighted by atomic mass is 32.1. The van der Waals surface area contributed by atoms with E-state index in [0.29, 0.717) is 11.8 Å². The number of nitrogens with one attached hydrogen (secondary N) is 2. The summed E-state index contributed by atoms with van der Waals surface area (Å²) in [5.41, 5.74) is 11.3. The number of amidine groups is 1. The maximum atomic E-state index is 11.5. The van der Waals surface area contributed by atoms with Gasteiger partial charge in [0.05, 0.1) is 22.5 Å². The van der Waals surface area contributed by atoms with Crippen LogP contribution in [0.2, 0.25) is 0 Å². The number of primary amides is 1. The standard InChI is InChI=1S/C21H27N5OS/c1-13-8-18(28-12-13)17-10-24-20(25-21(22)27)19-14(2)5-6-16(11-26(17)19)15-4-3-7-23-9-15/h8,10-12,15,23H,3-7,9H2,1-2H3,(H3,22,24,25,27). The summed E-state index contributed by atoms with van der Waals surface area (Å²) < 4.78 is 0. The zero-order valence-corrected chi connectivity index (χ0v) is 17.2. The Morgan fingerprint density at radius 3 is 2.93 bits per heavy atom. The zero-order valence-electron chi connectivity index (χ0n) is 16.4. The number of thiophene rings is 1. The lowest BCUT2D eigenvalue weighted by atomic mass is 9.88. The van der Waals surface area contributed by atoms with Gasteiger partial charge in [-0.3, -0.25) is 5.32 Å². The SMILES string of the molecule is CC1=C2C(NC(N)=O)=NC=C(c3cc(C)cs3)N2C=C(C2CCCNC2)CC1. The van der Waals surface area contributed by atoms with Gasteiger partial charge in [0.1, 0.15) is 0 Å². The molecule has 2 amide bonds. The topological polar surface area (TPSA) is 82.7 Å². The first-order chi connectivity index (χ1) is 13.5. The summed E-state index contributed by atoms with van der Waals surface area (Å²) in [7, 11) is 0. The van der Waals surface area contributed by atoms with E-state index in [4.69, 9.17) is 5.73 Å². The molecule has 1 aromatic heterocycles. The van der Waals surface area contributed by atoms with Crippen LogP contribution in [0.15, 0.2) is 45.7 Å². The van der Waals surface area contributed by atoms with Crippen LogP contribution in [0.1, 0.15) is 43.0 Å². The highest BCUT2D eigenvalue weighted by Crippen LogP contribution is 2.38. The van der Waals surface area contributed by atoms with Crippen molar-refractivity contribution in [3.63, 3.8) is 0 Å². The average Bonchev–Trinajstić information content (AvgIpc) is 3.02. The molecule has 1 aromatic rings. The fourth-order valence-corrected chi connectivity index (χ4v) is 5.05. The number of carbonyl (C=O) groups excluding carboxylic acids is 1. The predicted molar refractivity (Wildman–Crippen MR) is 115 cm³/mol. The predicted octanol–water partition coefficient (Wildman–Crippen LogP) is 3.69. The number of aryl methyl sites for hydroxylation is 1. The minimum atomic E-state index is -0.590. The fraction of sp³-hybridized carbons (Fsp3) is 0.429. The summed E-state index contributed by atoms with van der Waals surface area (Å²) in [6.07, 6.45) is 8.53. The van der Waals surface area contributed by atoms with Gasteiger partial charge in [-0.05, 0) is 80.1 Å². The Bertz CT molecular complexity index is 902. The third kappa shape index (κ3) is 3.77. The van der Waals surface area contributed by atoms with E-state index in [9.17, 15) is 4.79 Å². The number of fused-ring (bicyclic) bond motifs is 1. The minimum absolute atomic E-state index is 0.529. The molecule has 7 heteroatoms. The molecule has 0 saturated carbocycles. The molecule has 1 saturated heterocycles. The number of piperidine rings is 1. The van der Waals surface area contributed by atoms with E-state index in [1.807, 2.05) is 6.20 Å². The van der Waals surface area contributed by atoms with Gasteiger partial charge in [0.15, 0.2) is 5.84 Å². The summed E-state index contributed by atoms with van der Waals surface area (Å²) in [4.78, 5) is 19.5. The number of hydrogen-bond acceptors (Lipinski definition) is 5. The van der Waals surface area contributed by atoms with Gasteiger partial charge in [-0.15, -0.1) is 11.3 Å². The summed E-state index contributed by atoms with van der Waals surface area (Å²) in [6.45, 7) is 6.37. The van der Waals surface area contributed by atoms with Gasteiger partial charge in [-0.1, -0.05) is 0 Å². The van der Waals surface area contributed by atoms with Crippen molar-refractivity contribution in [2.75, 3.05) is 13.1 Å². The van der Waals surface area contributed by atoms with Crippen LogP contribution in [-0.2, 0) is 0 Å². The third-order valence-electron chi connectivity index (χ3n) is 5.57. The Kier molecular flexibility index (Phi) is 5.37. The number of aliphatic imine (C=N–C) groups is 1. The van der Waals surface area contributed by atoms with Crippen LogP contribution in [-0.4, -0.2) is 29.9 Å². The van der Waals surface area contributed by atoms with Gasteiger partial charge in [0.25, 0.3) is 0 Å². The number of carbonyl (C=O) groups is 1. The van der Waals surface area contributed by atoms with E-state index in [-0.39, 0.29) is 0 Å². The van der Waals surface area contributed by atoms with Crippen molar-refractivity contribution < 1.29 is 4.79 Å². The highest BCUT2D eigenvalue weighted by Gasteiger charge is 2.30. The van der Waals surface area contributed by atoms with E-state index in [0.717, 1.165) is 37.3 Å². The van der Waals surface area contributed by atoms with E-state index < -0.39 is 6.03 Å². The summed E-state index contributed by atoms with van der Waals surface area (Å²) >= 11 is 1.72. The third-order valence-corrected chi connectivity index (χ3v) is 6.64. The molecule has 3 aliphatic heterocycles. The van der Waals surface area contributed by atoms with Crippen LogP contribution in [0.25, 0.3) is 5.70 Å². The Balaban J connectivity index is 1.79. The van der Waals surface area contributed by atoms with E-state index in [1.54, 1.807) is 11.3 Å². The highest BCUT2D eigenvalue weighted by molar-refractivity contribution is 7.11. The second-order valence-corrected chi connectivity index (χ2v) is 8.63. The molecule has 1 atom stereocenters.